The number of carbonyl (C=O) groups is 4. The maximum Gasteiger partial charge on any atom is 0.407 e. The highest BCUT2D eigenvalue weighted by Crippen LogP contribution is 2.48. The Morgan fingerprint density at radius 1 is 0.773 bits per heavy atom. The van der Waals surface area contributed by atoms with Crippen molar-refractivity contribution in [3.63, 3.8) is 0 Å². The lowest BCUT2D eigenvalue weighted by atomic mass is 10.0. The van der Waals surface area contributed by atoms with Gasteiger partial charge in [0.25, 0.3) is 6.43 Å². The Labute approximate surface area is 382 Å². The summed E-state index contributed by atoms with van der Waals surface area (Å²) in [5, 5.41) is 12.4. The second-order valence-electron chi connectivity index (χ2n) is 18.3. The van der Waals surface area contributed by atoms with Crippen LogP contribution < -0.4 is 15.0 Å². The zero-order chi connectivity index (χ0) is 47.0. The van der Waals surface area contributed by atoms with Crippen molar-refractivity contribution in [3.05, 3.63) is 83.4 Å². The highest BCUT2D eigenvalue weighted by molar-refractivity contribution is 5.87. The number of likely N-dealkylation sites (N-methyl/N-ethyl adjacent to an activating group) is 1. The highest BCUT2D eigenvalue weighted by Gasteiger charge is 2.41. The molecule has 3 aliphatic rings. The predicted molar refractivity (Wildman–Crippen MR) is 243 cm³/mol. The number of halogens is 2. The molecule has 5 heterocycles. The summed E-state index contributed by atoms with van der Waals surface area (Å²) in [6.45, 7) is 7.81. The van der Waals surface area contributed by atoms with Gasteiger partial charge in [-0.25, -0.2) is 28.3 Å². The summed E-state index contributed by atoms with van der Waals surface area (Å²) >= 11 is 0. The number of methoxy groups -OCH3 is 1. The second kappa shape index (κ2) is 19.2. The number of likely N-dealkylation sites (tertiary alicyclic amines) is 2. The topological polar surface area (TPSA) is 189 Å². The summed E-state index contributed by atoms with van der Waals surface area (Å²) in [5.74, 6) is 0.882. The summed E-state index contributed by atoms with van der Waals surface area (Å²) in [4.78, 5) is 75.8. The van der Waals surface area contributed by atoms with Crippen LogP contribution >= 0.6 is 0 Å². The fraction of sp³-hybridized carbons (Fsp3) is 0.500. The first kappa shape index (κ1) is 46.1. The number of amides is 4. The monoisotopic (exact) mass is 911 g/mol. The van der Waals surface area contributed by atoms with Gasteiger partial charge >= 0.3 is 12.2 Å². The van der Waals surface area contributed by atoms with Gasteiger partial charge in [-0.05, 0) is 110 Å². The van der Waals surface area contributed by atoms with Crippen LogP contribution in [0, 0.1) is 11.8 Å². The largest absolute Gasteiger partial charge is 0.488 e. The molecule has 3 aromatic carbocycles. The van der Waals surface area contributed by atoms with Crippen molar-refractivity contribution in [1.29, 1.82) is 0 Å². The Morgan fingerprint density at radius 3 is 1.77 bits per heavy atom. The molecule has 16 nitrogen and oxygen atoms in total. The minimum Gasteiger partial charge on any atom is -0.488 e. The van der Waals surface area contributed by atoms with E-state index in [0.29, 0.717) is 36.9 Å². The molecule has 0 radical (unpaired) electrons. The third kappa shape index (κ3) is 9.18. The van der Waals surface area contributed by atoms with E-state index in [9.17, 15) is 33.1 Å². The van der Waals surface area contributed by atoms with Crippen molar-refractivity contribution in [2.75, 3.05) is 38.8 Å². The molecule has 0 unspecified atom stereocenters. The number of hydrogen-bond acceptors (Lipinski definition) is 9. The van der Waals surface area contributed by atoms with Crippen LogP contribution in [0.25, 0.3) is 22.1 Å². The number of aromatic amines is 2. The van der Waals surface area contributed by atoms with Crippen LogP contribution in [0.4, 0.5) is 24.1 Å². The molecule has 6 atom stereocenters. The van der Waals surface area contributed by atoms with Gasteiger partial charge < -0.3 is 44.6 Å². The number of nitrogens with one attached hydrogen (secondary N) is 3. The van der Waals surface area contributed by atoms with Crippen LogP contribution in [-0.2, 0) is 14.3 Å². The molecule has 2 aromatic heterocycles. The number of carboxylic acid groups (broad SMARTS) is 1. The van der Waals surface area contributed by atoms with E-state index >= 15 is 0 Å². The number of anilines is 1. The zero-order valence-corrected chi connectivity index (χ0v) is 38.2. The first-order valence-electron chi connectivity index (χ1n) is 22.8. The molecule has 8 rings (SSSR count). The number of benzene rings is 3. The highest BCUT2D eigenvalue weighted by atomic mass is 19.3. The summed E-state index contributed by atoms with van der Waals surface area (Å²) in [6, 6.07) is 17.2. The van der Waals surface area contributed by atoms with Gasteiger partial charge in [-0.15, -0.1) is 0 Å². The van der Waals surface area contributed by atoms with Crippen LogP contribution in [0.3, 0.4) is 0 Å². The predicted octanol–water partition coefficient (Wildman–Crippen LogP) is 8.51. The molecule has 3 saturated heterocycles. The van der Waals surface area contributed by atoms with E-state index in [1.807, 2.05) is 52.0 Å². The Hall–Kier alpha value is -6.46. The minimum atomic E-state index is -2.60. The van der Waals surface area contributed by atoms with Crippen molar-refractivity contribution < 1.29 is 42.5 Å². The normalized spacial score (nSPS) is 20.8. The standard InChI is InChI=1S/C48H59F2N9O7/c1-26(2)41(55-47(62)65-6)45(60)57-21-7-9-38(57)43-51-32-17-11-28(23-34(32)53-43)36-19-20-37(59(36)30-13-15-31(16-14-30)66-25-40(49)50)29-12-18-33-35(24-29)54-44(52-33)39-10-8-22-58(39)46(61)42(27(3)4)56(5)48(63)64/h11-18,23-24,26-27,36-42H,7-10,19-22,25H2,1-6H3,(H,51,53)(H,52,54)(H,55,62)(H,63,64)/t36-,37-,38+,39+,41+,42+/m1/s1. The van der Waals surface area contributed by atoms with E-state index in [0.717, 1.165) is 75.9 Å². The lowest BCUT2D eigenvalue weighted by Gasteiger charge is -2.33. The molecule has 4 amide bonds. The first-order chi connectivity index (χ1) is 31.6. The number of nitrogens with zero attached hydrogens (tertiary/aromatic N) is 6. The quantitative estimate of drug-likeness (QED) is 0.0841. The molecule has 18 heteroatoms. The van der Waals surface area contributed by atoms with Crippen LogP contribution in [-0.4, -0.2) is 116 Å². The first-order valence-corrected chi connectivity index (χ1v) is 22.8. The van der Waals surface area contributed by atoms with Gasteiger partial charge in [0.2, 0.25) is 11.8 Å². The molecule has 0 aliphatic carbocycles. The van der Waals surface area contributed by atoms with Crippen molar-refractivity contribution >= 4 is 51.8 Å². The zero-order valence-electron chi connectivity index (χ0n) is 38.2. The third-order valence-corrected chi connectivity index (χ3v) is 13.4. The molecule has 4 N–H and O–H groups in total. The minimum absolute atomic E-state index is 0.0938. The van der Waals surface area contributed by atoms with Gasteiger partial charge in [-0.1, -0.05) is 39.8 Å². The molecule has 352 valence electrons. The van der Waals surface area contributed by atoms with Crippen molar-refractivity contribution in [2.24, 2.45) is 11.8 Å². The molecule has 3 aliphatic heterocycles. The number of rotatable bonds is 14. The number of alkyl carbamates (subject to hydrolysis) is 1. The van der Waals surface area contributed by atoms with Crippen LogP contribution in [0.1, 0.15) is 113 Å². The Morgan fingerprint density at radius 2 is 1.30 bits per heavy atom. The summed E-state index contributed by atoms with van der Waals surface area (Å²) < 4.78 is 36.2. The van der Waals surface area contributed by atoms with E-state index < -0.39 is 37.3 Å². The summed E-state index contributed by atoms with van der Waals surface area (Å²) in [7, 11) is 2.71. The number of fused-ring (bicyclic) bond motifs is 2. The Balaban J connectivity index is 1.09. The lowest BCUT2D eigenvalue weighted by Crippen LogP contribution is -2.51. The van der Waals surface area contributed by atoms with Crippen molar-refractivity contribution in [3.8, 4) is 5.75 Å². The smallest absolute Gasteiger partial charge is 0.407 e. The fourth-order valence-corrected chi connectivity index (χ4v) is 10.2. The number of H-pyrrole nitrogens is 2. The van der Waals surface area contributed by atoms with Gasteiger partial charge in [-0.3, -0.25) is 14.5 Å². The summed E-state index contributed by atoms with van der Waals surface area (Å²) in [6.07, 6.45) is 0.155. The SMILES string of the molecule is COC(=O)N[C@H](C(=O)N1CCC[C@H]1c1nc2ccc([C@H]3CC[C@H](c4ccc5nc([C@@H]6CCCN6C(=O)[C@H](C(C)C)N(C)C(=O)O)[nH]c5c4)N3c3ccc(OCC(F)F)cc3)cc2[nH]1)C(C)C. The molecule has 3 fully saturated rings. The number of aromatic nitrogens is 4. The van der Waals surface area contributed by atoms with E-state index in [1.165, 1.54) is 14.2 Å². The number of imidazole rings is 2. The van der Waals surface area contributed by atoms with E-state index in [1.54, 1.807) is 21.9 Å². The molecular weight excluding hydrogens is 853 g/mol. The van der Waals surface area contributed by atoms with Crippen LogP contribution in [0.15, 0.2) is 60.7 Å². The van der Waals surface area contributed by atoms with E-state index in [-0.39, 0.29) is 47.8 Å². The lowest BCUT2D eigenvalue weighted by molar-refractivity contribution is -0.138. The maximum atomic E-state index is 13.9. The molecule has 0 spiro atoms. The van der Waals surface area contributed by atoms with Gasteiger partial charge in [-0.2, -0.15) is 0 Å². The molecule has 0 bridgehead atoms. The number of carbonyl (C=O) groups excluding carboxylic acids is 3. The Bertz CT molecular complexity index is 2560. The van der Waals surface area contributed by atoms with Crippen LogP contribution in [0.5, 0.6) is 5.75 Å². The number of alkyl halides is 2. The Kier molecular flexibility index (Phi) is 13.4. The van der Waals surface area contributed by atoms with Gasteiger partial charge in [0.1, 0.15) is 36.1 Å². The summed E-state index contributed by atoms with van der Waals surface area (Å²) in [5.41, 5.74) is 6.13. The molecule has 66 heavy (non-hydrogen) atoms. The average molecular weight is 912 g/mol. The fourth-order valence-electron chi connectivity index (χ4n) is 10.2. The third-order valence-electron chi connectivity index (χ3n) is 13.4. The average Bonchev–Trinajstić information content (AvgIpc) is 4.15. The van der Waals surface area contributed by atoms with Gasteiger partial charge in [0.15, 0.2) is 0 Å². The van der Waals surface area contributed by atoms with E-state index in [4.69, 9.17) is 19.4 Å². The van der Waals surface area contributed by atoms with Gasteiger partial charge in [0.05, 0.1) is 53.3 Å². The number of ether oxygens (including phenoxy) is 2. The van der Waals surface area contributed by atoms with Gasteiger partial charge in [0, 0.05) is 25.8 Å². The second-order valence-corrected chi connectivity index (χ2v) is 18.3. The molecule has 0 saturated carbocycles. The maximum absolute atomic E-state index is 13.9. The van der Waals surface area contributed by atoms with Crippen LogP contribution in [0.2, 0.25) is 0 Å². The number of hydrogen-bond donors (Lipinski definition) is 4. The van der Waals surface area contributed by atoms with Crippen molar-refractivity contribution in [1.82, 2.24) is 40.0 Å². The van der Waals surface area contributed by atoms with Crippen molar-refractivity contribution in [2.45, 2.75) is 109 Å². The molecule has 5 aromatic rings. The molecular formula is C48H59F2N9O7. The van der Waals surface area contributed by atoms with E-state index in [2.05, 4.69) is 44.5 Å².